The normalized spacial score (nSPS) is 17.2. The molecule has 1 heterocycles. The molecule has 1 aliphatic rings. The van der Waals surface area contributed by atoms with Gasteiger partial charge in [0.25, 0.3) is 0 Å². The third-order valence-electron chi connectivity index (χ3n) is 2.87. The zero-order valence-corrected chi connectivity index (χ0v) is 11.2. The van der Waals surface area contributed by atoms with Gasteiger partial charge in [-0.2, -0.15) is 5.10 Å². The van der Waals surface area contributed by atoms with Crippen molar-refractivity contribution in [1.82, 2.24) is 5.32 Å². The number of phenolic OH excluding ortho intramolecular Hbond substituents is 1. The fraction of sp³-hybridized carbons (Fsp3) is 0.0714. The molecule has 0 aliphatic carbocycles. The van der Waals surface area contributed by atoms with E-state index in [-0.39, 0.29) is 11.7 Å². The first-order valence-corrected chi connectivity index (χ1v) is 6.97. The molecule has 2 aromatic rings. The third-order valence-corrected chi connectivity index (χ3v) is 3.73. The molecule has 3 rings (SSSR count). The van der Waals surface area contributed by atoms with E-state index in [1.165, 1.54) is 18.0 Å². The summed E-state index contributed by atoms with van der Waals surface area (Å²) in [6.45, 7) is 0. The average molecular weight is 285 g/mol. The maximum Gasteiger partial charge on any atom is 0.236 e. The zero-order valence-electron chi connectivity index (χ0n) is 10.4. The van der Waals surface area contributed by atoms with Crippen molar-refractivity contribution in [2.45, 2.75) is 0 Å². The summed E-state index contributed by atoms with van der Waals surface area (Å²) < 4.78 is 0. The summed E-state index contributed by atoms with van der Waals surface area (Å²) >= 11 is 1.31. The quantitative estimate of drug-likeness (QED) is 0.655. The fourth-order valence-corrected chi connectivity index (χ4v) is 2.57. The molecule has 1 amide bonds. The first-order valence-electron chi connectivity index (χ1n) is 5.98. The van der Waals surface area contributed by atoms with Gasteiger partial charge in [-0.05, 0) is 16.8 Å². The van der Waals surface area contributed by atoms with Crippen LogP contribution in [0.15, 0.2) is 46.6 Å². The van der Waals surface area contributed by atoms with Gasteiger partial charge in [0.1, 0.15) is 5.75 Å². The van der Waals surface area contributed by atoms with Gasteiger partial charge in [-0.1, -0.05) is 42.1 Å². The summed E-state index contributed by atoms with van der Waals surface area (Å²) in [7, 11) is 0. The summed E-state index contributed by atoms with van der Waals surface area (Å²) in [6, 6.07) is 11.2. The highest BCUT2D eigenvalue weighted by Gasteiger charge is 2.16. The number of aromatic hydroxyl groups is 1. The van der Waals surface area contributed by atoms with Gasteiger partial charge in [-0.25, -0.2) is 0 Å². The number of fused-ring (bicyclic) bond motifs is 1. The van der Waals surface area contributed by atoms with Crippen LogP contribution in [0.25, 0.3) is 10.8 Å². The Morgan fingerprint density at radius 3 is 2.90 bits per heavy atom. The zero-order chi connectivity index (χ0) is 13.9. The van der Waals surface area contributed by atoms with Crippen molar-refractivity contribution in [2.75, 3.05) is 5.75 Å². The SMILES string of the molecule is O=C1CS/C(=N\N=C\c2c(O)ccc3ccccc23)N1. The van der Waals surface area contributed by atoms with Crippen LogP contribution >= 0.6 is 11.8 Å². The van der Waals surface area contributed by atoms with Crippen LogP contribution in [0.5, 0.6) is 5.75 Å². The Balaban J connectivity index is 1.94. The number of phenols is 1. The number of carbonyl (C=O) groups is 1. The summed E-state index contributed by atoms with van der Waals surface area (Å²) in [5, 5.41) is 22.8. The number of thioether (sulfide) groups is 1. The van der Waals surface area contributed by atoms with Gasteiger partial charge in [-0.3, -0.25) is 4.79 Å². The fourth-order valence-electron chi connectivity index (χ4n) is 1.94. The molecule has 0 aromatic heterocycles. The van der Waals surface area contributed by atoms with Gasteiger partial charge in [0.05, 0.1) is 12.0 Å². The third kappa shape index (κ3) is 2.50. The monoisotopic (exact) mass is 285 g/mol. The van der Waals surface area contributed by atoms with E-state index in [1.807, 2.05) is 30.3 Å². The van der Waals surface area contributed by atoms with Crippen molar-refractivity contribution >= 4 is 39.8 Å². The molecule has 0 bridgehead atoms. The number of carbonyl (C=O) groups excluding carboxylic acids is 1. The molecule has 0 unspecified atom stereocenters. The first kappa shape index (κ1) is 12.7. The molecule has 1 aliphatic heterocycles. The molecule has 2 aromatic carbocycles. The molecule has 6 heteroatoms. The lowest BCUT2D eigenvalue weighted by atomic mass is 10.0. The van der Waals surface area contributed by atoms with Crippen molar-refractivity contribution in [2.24, 2.45) is 10.2 Å². The number of rotatable bonds is 2. The Kier molecular flexibility index (Phi) is 3.39. The van der Waals surface area contributed by atoms with E-state index in [2.05, 4.69) is 15.5 Å². The molecule has 0 spiro atoms. The van der Waals surface area contributed by atoms with Crippen LogP contribution in [-0.2, 0) is 4.79 Å². The van der Waals surface area contributed by atoms with Crippen molar-refractivity contribution in [3.63, 3.8) is 0 Å². The highest BCUT2D eigenvalue weighted by molar-refractivity contribution is 8.15. The minimum Gasteiger partial charge on any atom is -0.507 e. The second-order valence-electron chi connectivity index (χ2n) is 4.21. The van der Waals surface area contributed by atoms with Crippen LogP contribution in [0.4, 0.5) is 0 Å². The molecule has 100 valence electrons. The van der Waals surface area contributed by atoms with Gasteiger partial charge < -0.3 is 10.4 Å². The van der Waals surface area contributed by atoms with Gasteiger partial charge in [-0.15, -0.1) is 5.10 Å². The molecule has 0 saturated carbocycles. The lowest BCUT2D eigenvalue weighted by Gasteiger charge is -2.03. The van der Waals surface area contributed by atoms with Crippen molar-refractivity contribution in [3.8, 4) is 5.75 Å². The van der Waals surface area contributed by atoms with Crippen LogP contribution in [0, 0.1) is 0 Å². The number of amides is 1. The van der Waals surface area contributed by atoms with Gasteiger partial charge in [0.15, 0.2) is 5.17 Å². The summed E-state index contributed by atoms with van der Waals surface area (Å²) in [5.74, 6) is 0.446. The van der Waals surface area contributed by atoms with E-state index in [0.29, 0.717) is 16.5 Å². The molecule has 5 nitrogen and oxygen atoms in total. The van der Waals surface area contributed by atoms with Crippen LogP contribution < -0.4 is 5.32 Å². The second-order valence-corrected chi connectivity index (χ2v) is 5.17. The minimum atomic E-state index is -0.0723. The Morgan fingerprint density at radius 2 is 2.10 bits per heavy atom. The van der Waals surface area contributed by atoms with E-state index in [9.17, 15) is 9.90 Å². The summed E-state index contributed by atoms with van der Waals surface area (Å²) in [5.41, 5.74) is 0.613. The van der Waals surface area contributed by atoms with Crippen molar-refractivity contribution in [3.05, 3.63) is 42.0 Å². The Hall–Kier alpha value is -2.34. The van der Waals surface area contributed by atoms with Crippen molar-refractivity contribution in [1.29, 1.82) is 0 Å². The second kappa shape index (κ2) is 5.34. The van der Waals surface area contributed by atoms with Crippen molar-refractivity contribution < 1.29 is 9.90 Å². The van der Waals surface area contributed by atoms with E-state index < -0.39 is 0 Å². The van der Waals surface area contributed by atoms with Gasteiger partial charge in [0, 0.05) is 5.56 Å². The number of hydrogen-bond acceptors (Lipinski definition) is 5. The lowest BCUT2D eigenvalue weighted by molar-refractivity contribution is -0.116. The van der Waals surface area contributed by atoms with Crippen LogP contribution in [0.2, 0.25) is 0 Å². The summed E-state index contributed by atoms with van der Waals surface area (Å²) in [6.07, 6.45) is 1.50. The molecular formula is C14H11N3O2S. The predicted molar refractivity (Wildman–Crippen MR) is 81.2 cm³/mol. The molecule has 0 atom stereocenters. The number of nitrogens with one attached hydrogen (secondary N) is 1. The van der Waals surface area contributed by atoms with Gasteiger partial charge in [0.2, 0.25) is 5.91 Å². The molecule has 20 heavy (non-hydrogen) atoms. The highest BCUT2D eigenvalue weighted by atomic mass is 32.2. The Labute approximate surface area is 119 Å². The first-order chi connectivity index (χ1) is 9.74. The Morgan fingerprint density at radius 1 is 1.25 bits per heavy atom. The standard InChI is InChI=1S/C14H11N3O2S/c18-12-6-5-9-3-1-2-4-10(9)11(12)7-15-17-14-16-13(19)8-20-14/h1-7,18H,8H2,(H,16,17,19)/b15-7+. The molecule has 0 radical (unpaired) electrons. The molecule has 2 N–H and O–H groups in total. The van der Waals surface area contributed by atoms with Crippen LogP contribution in [-0.4, -0.2) is 28.1 Å². The molecular weight excluding hydrogens is 274 g/mol. The van der Waals surface area contributed by atoms with Crippen LogP contribution in [0.3, 0.4) is 0 Å². The van der Waals surface area contributed by atoms with E-state index >= 15 is 0 Å². The lowest BCUT2D eigenvalue weighted by Crippen LogP contribution is -2.19. The maximum atomic E-state index is 11.0. The van der Waals surface area contributed by atoms with E-state index in [4.69, 9.17) is 0 Å². The van der Waals surface area contributed by atoms with Crippen LogP contribution in [0.1, 0.15) is 5.56 Å². The maximum absolute atomic E-state index is 11.0. The predicted octanol–water partition coefficient (Wildman–Crippen LogP) is 2.10. The smallest absolute Gasteiger partial charge is 0.236 e. The minimum absolute atomic E-state index is 0.0723. The number of amidine groups is 1. The van der Waals surface area contributed by atoms with E-state index in [0.717, 1.165) is 10.8 Å². The number of hydrogen-bond donors (Lipinski definition) is 2. The number of nitrogens with zero attached hydrogens (tertiary/aromatic N) is 2. The average Bonchev–Trinajstić information content (AvgIpc) is 2.87. The number of benzene rings is 2. The topological polar surface area (TPSA) is 74.0 Å². The largest absolute Gasteiger partial charge is 0.507 e. The van der Waals surface area contributed by atoms with Gasteiger partial charge >= 0.3 is 0 Å². The van der Waals surface area contributed by atoms with E-state index in [1.54, 1.807) is 6.07 Å². The Bertz CT molecular complexity index is 740. The molecule has 1 saturated heterocycles. The molecule has 1 fully saturated rings. The summed E-state index contributed by atoms with van der Waals surface area (Å²) in [4.78, 5) is 11.0. The highest BCUT2D eigenvalue weighted by Crippen LogP contribution is 2.25.